The van der Waals surface area contributed by atoms with Gasteiger partial charge in [0.1, 0.15) is 17.2 Å². The number of benzene rings is 1. The second-order valence-electron chi connectivity index (χ2n) is 4.83. The maximum Gasteiger partial charge on any atom is 0.131 e. The lowest BCUT2D eigenvalue weighted by molar-refractivity contribution is 0.351. The van der Waals surface area contributed by atoms with Gasteiger partial charge in [0.2, 0.25) is 0 Å². The Balaban J connectivity index is 0.00000180. The van der Waals surface area contributed by atoms with Crippen LogP contribution in [0.2, 0.25) is 0 Å². The lowest BCUT2D eigenvalue weighted by Gasteiger charge is -2.23. The molecule has 0 aliphatic heterocycles. The summed E-state index contributed by atoms with van der Waals surface area (Å²) in [5.41, 5.74) is 7.23. The minimum atomic E-state index is -0.0991. The van der Waals surface area contributed by atoms with Crippen LogP contribution in [-0.2, 0) is 0 Å². The van der Waals surface area contributed by atoms with Gasteiger partial charge < -0.3 is 20.3 Å². The lowest BCUT2D eigenvalue weighted by Crippen LogP contribution is -2.20. The van der Waals surface area contributed by atoms with E-state index in [-0.39, 0.29) is 24.2 Å². The molecule has 5 heteroatoms. The Morgan fingerprint density at radius 1 is 1.16 bits per heavy atom. The number of methoxy groups -OCH3 is 2. The molecule has 0 unspecified atom stereocenters. The van der Waals surface area contributed by atoms with Gasteiger partial charge in [0.05, 0.1) is 19.8 Å². The lowest BCUT2D eigenvalue weighted by atomic mass is 9.91. The van der Waals surface area contributed by atoms with Crippen molar-refractivity contribution >= 4 is 12.4 Å². The molecule has 1 aliphatic carbocycles. The van der Waals surface area contributed by atoms with Crippen molar-refractivity contribution in [2.24, 2.45) is 11.7 Å². The van der Waals surface area contributed by atoms with Crippen molar-refractivity contribution < 1.29 is 14.6 Å². The summed E-state index contributed by atoms with van der Waals surface area (Å²) in [5.74, 6) is 1.81. The summed E-state index contributed by atoms with van der Waals surface area (Å²) >= 11 is 0. The number of halogens is 1. The van der Waals surface area contributed by atoms with Crippen molar-refractivity contribution in [2.45, 2.75) is 31.7 Å². The molecule has 1 fully saturated rings. The normalized spacial score (nSPS) is 16.8. The van der Waals surface area contributed by atoms with E-state index in [2.05, 4.69) is 0 Å². The van der Waals surface area contributed by atoms with E-state index < -0.39 is 0 Å². The first-order valence-corrected chi connectivity index (χ1v) is 6.37. The quantitative estimate of drug-likeness (QED) is 0.893. The monoisotopic (exact) mass is 287 g/mol. The van der Waals surface area contributed by atoms with E-state index in [9.17, 15) is 5.11 Å². The van der Waals surface area contributed by atoms with Crippen LogP contribution < -0.4 is 15.2 Å². The molecular formula is C14H22ClNO3. The van der Waals surface area contributed by atoms with Gasteiger partial charge in [0, 0.05) is 18.2 Å². The largest absolute Gasteiger partial charge is 0.508 e. The molecule has 3 N–H and O–H groups in total. The molecule has 0 aromatic heterocycles. The third-order valence-electron chi connectivity index (χ3n) is 3.77. The molecule has 0 amide bonds. The highest BCUT2D eigenvalue weighted by atomic mass is 35.5. The summed E-state index contributed by atoms with van der Waals surface area (Å²) in [6.45, 7) is 0. The van der Waals surface area contributed by atoms with Gasteiger partial charge in [0.15, 0.2) is 0 Å². The van der Waals surface area contributed by atoms with Crippen LogP contribution in [0.1, 0.15) is 37.3 Å². The van der Waals surface area contributed by atoms with Crippen LogP contribution in [0.15, 0.2) is 12.1 Å². The molecule has 1 aromatic rings. The fourth-order valence-electron chi connectivity index (χ4n) is 2.81. The zero-order chi connectivity index (χ0) is 13.1. The van der Waals surface area contributed by atoms with Crippen molar-refractivity contribution in [2.75, 3.05) is 14.2 Å². The SMILES string of the molecule is COc1cc(O)cc(OC)c1[C@H](N)C1CCCC1.Cl. The van der Waals surface area contributed by atoms with Gasteiger partial charge in [0.25, 0.3) is 0 Å². The Labute approximate surface area is 120 Å². The Bertz CT molecular complexity index is 394. The van der Waals surface area contributed by atoms with Crippen LogP contribution in [0.25, 0.3) is 0 Å². The van der Waals surface area contributed by atoms with E-state index in [0.29, 0.717) is 17.4 Å². The van der Waals surface area contributed by atoms with Crippen LogP contribution in [0.3, 0.4) is 0 Å². The van der Waals surface area contributed by atoms with Gasteiger partial charge in [-0.05, 0) is 18.8 Å². The van der Waals surface area contributed by atoms with Crippen LogP contribution in [-0.4, -0.2) is 19.3 Å². The van der Waals surface area contributed by atoms with Crippen LogP contribution >= 0.6 is 12.4 Å². The number of hydrogen-bond donors (Lipinski definition) is 2. The summed E-state index contributed by atoms with van der Waals surface area (Å²) in [6, 6.07) is 3.08. The summed E-state index contributed by atoms with van der Waals surface area (Å²) in [6.07, 6.45) is 4.77. The van der Waals surface area contributed by atoms with Gasteiger partial charge in [-0.15, -0.1) is 12.4 Å². The number of phenols is 1. The molecular weight excluding hydrogens is 266 g/mol. The number of phenolic OH excluding ortho intramolecular Hbond substituents is 1. The molecule has 4 nitrogen and oxygen atoms in total. The Morgan fingerprint density at radius 3 is 2.05 bits per heavy atom. The summed E-state index contributed by atoms with van der Waals surface area (Å²) in [7, 11) is 3.16. The maximum atomic E-state index is 9.63. The standard InChI is InChI=1S/C14H21NO3.ClH/c1-17-11-7-10(16)8-12(18-2)13(11)14(15)9-5-3-4-6-9;/h7-9,14,16H,3-6,15H2,1-2H3;1H/t14-;/m1./s1. The van der Waals surface area contributed by atoms with E-state index in [1.165, 1.54) is 12.8 Å². The van der Waals surface area contributed by atoms with Gasteiger partial charge in [-0.2, -0.15) is 0 Å². The van der Waals surface area contributed by atoms with E-state index in [1.807, 2.05) is 0 Å². The van der Waals surface area contributed by atoms with Crippen molar-refractivity contribution in [3.8, 4) is 17.2 Å². The van der Waals surface area contributed by atoms with E-state index >= 15 is 0 Å². The predicted octanol–water partition coefficient (Wildman–Crippen LogP) is 3.02. The van der Waals surface area contributed by atoms with Gasteiger partial charge in [-0.1, -0.05) is 12.8 Å². The molecule has 19 heavy (non-hydrogen) atoms. The first-order chi connectivity index (χ1) is 8.67. The molecule has 1 atom stereocenters. The Hall–Kier alpha value is -1.13. The predicted molar refractivity (Wildman–Crippen MR) is 77.3 cm³/mol. The van der Waals surface area contributed by atoms with Crippen LogP contribution in [0.4, 0.5) is 0 Å². The minimum absolute atomic E-state index is 0. The molecule has 1 aliphatic rings. The van der Waals surface area contributed by atoms with Crippen molar-refractivity contribution in [3.63, 3.8) is 0 Å². The molecule has 108 valence electrons. The number of nitrogens with two attached hydrogens (primary N) is 1. The number of aromatic hydroxyl groups is 1. The highest BCUT2D eigenvalue weighted by molar-refractivity contribution is 5.85. The molecule has 0 radical (unpaired) electrons. The van der Waals surface area contributed by atoms with Crippen molar-refractivity contribution in [3.05, 3.63) is 17.7 Å². The molecule has 0 heterocycles. The Kier molecular flexibility index (Phi) is 5.76. The summed E-state index contributed by atoms with van der Waals surface area (Å²) in [5, 5.41) is 9.63. The zero-order valence-corrected chi connectivity index (χ0v) is 12.2. The van der Waals surface area contributed by atoms with E-state index in [0.717, 1.165) is 18.4 Å². The second-order valence-corrected chi connectivity index (χ2v) is 4.83. The fraction of sp³-hybridized carbons (Fsp3) is 0.571. The molecule has 1 saturated carbocycles. The molecule has 0 spiro atoms. The molecule has 0 saturated heterocycles. The minimum Gasteiger partial charge on any atom is -0.508 e. The third kappa shape index (κ3) is 3.25. The van der Waals surface area contributed by atoms with Gasteiger partial charge in [-0.3, -0.25) is 0 Å². The van der Waals surface area contributed by atoms with Gasteiger partial charge >= 0.3 is 0 Å². The first-order valence-electron chi connectivity index (χ1n) is 6.37. The van der Waals surface area contributed by atoms with Crippen LogP contribution in [0.5, 0.6) is 17.2 Å². The van der Waals surface area contributed by atoms with E-state index in [4.69, 9.17) is 15.2 Å². The van der Waals surface area contributed by atoms with Crippen molar-refractivity contribution in [1.82, 2.24) is 0 Å². The zero-order valence-electron chi connectivity index (χ0n) is 11.4. The summed E-state index contributed by atoms with van der Waals surface area (Å²) in [4.78, 5) is 0. The van der Waals surface area contributed by atoms with Crippen LogP contribution in [0, 0.1) is 5.92 Å². The number of hydrogen-bond acceptors (Lipinski definition) is 4. The first kappa shape index (κ1) is 15.9. The highest BCUT2D eigenvalue weighted by Gasteiger charge is 2.28. The Morgan fingerprint density at radius 2 is 1.63 bits per heavy atom. The average molecular weight is 288 g/mol. The maximum absolute atomic E-state index is 9.63. The number of ether oxygens (including phenoxy) is 2. The topological polar surface area (TPSA) is 64.7 Å². The average Bonchev–Trinajstić information content (AvgIpc) is 2.90. The second kappa shape index (κ2) is 6.87. The summed E-state index contributed by atoms with van der Waals surface area (Å²) < 4.78 is 10.7. The molecule has 2 rings (SSSR count). The van der Waals surface area contributed by atoms with Crippen molar-refractivity contribution in [1.29, 1.82) is 0 Å². The molecule has 0 bridgehead atoms. The molecule has 1 aromatic carbocycles. The highest BCUT2D eigenvalue weighted by Crippen LogP contribution is 2.43. The smallest absolute Gasteiger partial charge is 0.131 e. The van der Waals surface area contributed by atoms with Gasteiger partial charge in [-0.25, -0.2) is 0 Å². The van der Waals surface area contributed by atoms with E-state index in [1.54, 1.807) is 26.4 Å². The fourth-order valence-corrected chi connectivity index (χ4v) is 2.81. The number of rotatable bonds is 4. The third-order valence-corrected chi connectivity index (χ3v) is 3.77.